The molecule has 0 aliphatic heterocycles. The third kappa shape index (κ3) is 3.90. The van der Waals surface area contributed by atoms with Crippen LogP contribution in [0.4, 0.5) is 5.69 Å². The van der Waals surface area contributed by atoms with Gasteiger partial charge in [0.1, 0.15) is 11.3 Å². The molecule has 0 saturated carbocycles. The Morgan fingerprint density at radius 1 is 1.00 bits per heavy atom. The van der Waals surface area contributed by atoms with Gasteiger partial charge in [-0.15, -0.1) is 0 Å². The zero-order valence-corrected chi connectivity index (χ0v) is 16.4. The van der Waals surface area contributed by atoms with Crippen molar-refractivity contribution in [2.24, 2.45) is 0 Å². The molecule has 0 N–H and O–H groups in total. The molecule has 0 saturated heterocycles. The van der Waals surface area contributed by atoms with E-state index in [1.54, 1.807) is 30.5 Å². The minimum atomic E-state index is -3.75. The van der Waals surface area contributed by atoms with E-state index in [0.29, 0.717) is 35.5 Å². The summed E-state index contributed by atoms with van der Waals surface area (Å²) in [7, 11) is -3.75. The summed E-state index contributed by atoms with van der Waals surface area (Å²) in [5.41, 5.74) is 1.22. The Balaban J connectivity index is 2.16. The van der Waals surface area contributed by atoms with E-state index in [1.807, 2.05) is 44.2 Å². The lowest BCUT2D eigenvalue weighted by Gasteiger charge is -2.25. The minimum Gasteiger partial charge on any atom is -0.492 e. The Labute approximate surface area is 160 Å². The number of para-hydroxylation sites is 1. The molecule has 142 valence electrons. The molecule has 6 heteroatoms. The highest BCUT2D eigenvalue weighted by molar-refractivity contribution is 7.93. The number of ether oxygens (including phenoxy) is 1. The average molecular weight is 385 g/mol. The number of hydrogen-bond acceptors (Lipinski definition) is 4. The molecule has 0 atom stereocenters. The van der Waals surface area contributed by atoms with Gasteiger partial charge in [-0.05, 0) is 49.7 Å². The quantitative estimate of drug-likeness (QED) is 0.568. The molecular formula is C21H24N2O3S. The molecule has 3 aromatic rings. The normalized spacial score (nSPS) is 11.5. The van der Waals surface area contributed by atoms with Crippen LogP contribution in [0.2, 0.25) is 0 Å². The molecule has 3 rings (SSSR count). The summed E-state index contributed by atoms with van der Waals surface area (Å²) >= 11 is 0. The van der Waals surface area contributed by atoms with Gasteiger partial charge in [-0.1, -0.05) is 31.5 Å². The topological polar surface area (TPSA) is 59.5 Å². The second-order valence-corrected chi connectivity index (χ2v) is 7.99. The first-order chi connectivity index (χ1) is 13.1. The maximum absolute atomic E-state index is 13.6. The largest absolute Gasteiger partial charge is 0.492 e. The van der Waals surface area contributed by atoms with Gasteiger partial charge in [-0.25, -0.2) is 8.42 Å². The van der Waals surface area contributed by atoms with Gasteiger partial charge in [0.15, 0.2) is 0 Å². The van der Waals surface area contributed by atoms with Crippen molar-refractivity contribution in [1.29, 1.82) is 0 Å². The highest BCUT2D eigenvalue weighted by Crippen LogP contribution is 2.33. The summed E-state index contributed by atoms with van der Waals surface area (Å²) in [6.07, 6.45) is 3.33. The molecule has 0 amide bonds. The van der Waals surface area contributed by atoms with Crippen LogP contribution >= 0.6 is 0 Å². The van der Waals surface area contributed by atoms with Crippen LogP contribution in [-0.2, 0) is 10.0 Å². The highest BCUT2D eigenvalue weighted by Gasteiger charge is 2.27. The van der Waals surface area contributed by atoms with E-state index in [2.05, 4.69) is 4.98 Å². The summed E-state index contributed by atoms with van der Waals surface area (Å²) in [4.78, 5) is 4.60. The van der Waals surface area contributed by atoms with Gasteiger partial charge in [-0.2, -0.15) is 0 Å². The fourth-order valence-corrected chi connectivity index (χ4v) is 4.71. The second-order valence-electron chi connectivity index (χ2n) is 6.16. The van der Waals surface area contributed by atoms with E-state index in [-0.39, 0.29) is 4.90 Å². The van der Waals surface area contributed by atoms with Crippen LogP contribution in [0.25, 0.3) is 10.9 Å². The highest BCUT2D eigenvalue weighted by atomic mass is 32.2. The van der Waals surface area contributed by atoms with Crippen LogP contribution in [0, 0.1) is 0 Å². The zero-order chi connectivity index (χ0) is 19.3. The number of hydrogen-bond donors (Lipinski definition) is 0. The van der Waals surface area contributed by atoms with Crippen LogP contribution in [0.5, 0.6) is 5.75 Å². The van der Waals surface area contributed by atoms with E-state index in [1.165, 1.54) is 4.31 Å². The number of pyridine rings is 1. The molecule has 27 heavy (non-hydrogen) atoms. The molecule has 0 bridgehead atoms. The molecule has 1 aromatic heterocycles. The number of sulfonamides is 1. The molecular weight excluding hydrogens is 360 g/mol. The van der Waals surface area contributed by atoms with Gasteiger partial charge in [0.25, 0.3) is 10.0 Å². The Hall–Kier alpha value is -2.60. The number of anilines is 1. The van der Waals surface area contributed by atoms with Crippen LogP contribution in [0.1, 0.15) is 26.7 Å². The van der Waals surface area contributed by atoms with Crippen molar-refractivity contribution in [3.05, 3.63) is 60.8 Å². The molecule has 5 nitrogen and oxygen atoms in total. The van der Waals surface area contributed by atoms with Crippen molar-refractivity contribution in [1.82, 2.24) is 4.98 Å². The van der Waals surface area contributed by atoms with Gasteiger partial charge >= 0.3 is 0 Å². The Kier molecular flexibility index (Phi) is 5.96. The Bertz CT molecular complexity index is 1000. The van der Waals surface area contributed by atoms with Gasteiger partial charge < -0.3 is 4.74 Å². The molecule has 0 unspecified atom stereocenters. The summed E-state index contributed by atoms with van der Waals surface area (Å²) in [6.45, 7) is 4.86. The monoisotopic (exact) mass is 384 g/mol. The van der Waals surface area contributed by atoms with Crippen molar-refractivity contribution in [3.63, 3.8) is 0 Å². The Morgan fingerprint density at radius 3 is 2.48 bits per heavy atom. The van der Waals surface area contributed by atoms with E-state index in [4.69, 9.17) is 4.74 Å². The molecule has 0 fully saturated rings. The lowest BCUT2D eigenvalue weighted by atomic mass is 10.2. The fraction of sp³-hybridized carbons (Fsp3) is 0.286. The maximum atomic E-state index is 13.6. The summed E-state index contributed by atoms with van der Waals surface area (Å²) < 4.78 is 34.3. The first-order valence-electron chi connectivity index (χ1n) is 9.18. The number of rotatable bonds is 8. The summed E-state index contributed by atoms with van der Waals surface area (Å²) in [5, 5.41) is 0.570. The third-order valence-electron chi connectivity index (χ3n) is 4.32. The van der Waals surface area contributed by atoms with Crippen molar-refractivity contribution in [2.45, 2.75) is 31.6 Å². The smallest absolute Gasteiger partial charge is 0.264 e. The van der Waals surface area contributed by atoms with Gasteiger partial charge in [-0.3, -0.25) is 9.29 Å². The molecule has 1 heterocycles. The first-order valence-corrected chi connectivity index (χ1v) is 10.6. The molecule has 0 aliphatic carbocycles. The average Bonchev–Trinajstić information content (AvgIpc) is 2.69. The fourth-order valence-electron chi connectivity index (χ4n) is 3.02. The van der Waals surface area contributed by atoms with Crippen LogP contribution in [0.3, 0.4) is 0 Å². The van der Waals surface area contributed by atoms with E-state index >= 15 is 0 Å². The minimum absolute atomic E-state index is 0.244. The molecule has 2 aromatic carbocycles. The number of benzene rings is 2. The molecule has 0 aliphatic rings. The lowest BCUT2D eigenvalue weighted by Crippen LogP contribution is -2.32. The predicted octanol–water partition coefficient (Wildman–Crippen LogP) is 4.63. The predicted molar refractivity (Wildman–Crippen MR) is 109 cm³/mol. The van der Waals surface area contributed by atoms with Crippen molar-refractivity contribution in [3.8, 4) is 5.75 Å². The van der Waals surface area contributed by atoms with Crippen molar-refractivity contribution >= 4 is 26.6 Å². The van der Waals surface area contributed by atoms with Crippen LogP contribution in [0.15, 0.2) is 65.7 Å². The third-order valence-corrected chi connectivity index (χ3v) is 6.20. The molecule has 0 radical (unpaired) electrons. The number of nitrogens with zero attached hydrogens (tertiary/aromatic N) is 2. The number of unbranched alkanes of at least 4 members (excludes halogenated alkanes) is 1. The maximum Gasteiger partial charge on any atom is 0.264 e. The SMILES string of the molecule is CCCCN(c1ccccc1)S(=O)(=O)c1ccc(OCC)c2ncccc12. The Morgan fingerprint density at radius 2 is 1.78 bits per heavy atom. The number of fused-ring (bicyclic) bond motifs is 1. The molecule has 0 spiro atoms. The first kappa shape index (κ1) is 19.2. The van der Waals surface area contributed by atoms with E-state index < -0.39 is 10.0 Å². The lowest BCUT2D eigenvalue weighted by molar-refractivity contribution is 0.343. The van der Waals surface area contributed by atoms with Gasteiger partial charge in [0, 0.05) is 18.1 Å². The van der Waals surface area contributed by atoms with Gasteiger partial charge in [0.05, 0.1) is 17.2 Å². The van der Waals surface area contributed by atoms with Crippen LogP contribution in [-0.4, -0.2) is 26.6 Å². The summed E-state index contributed by atoms with van der Waals surface area (Å²) in [6, 6.07) is 16.1. The zero-order valence-electron chi connectivity index (χ0n) is 15.6. The van der Waals surface area contributed by atoms with Crippen molar-refractivity contribution < 1.29 is 13.2 Å². The van der Waals surface area contributed by atoms with E-state index in [0.717, 1.165) is 12.8 Å². The second kappa shape index (κ2) is 8.39. The van der Waals surface area contributed by atoms with Gasteiger partial charge in [0.2, 0.25) is 0 Å². The standard InChI is InChI=1S/C21H24N2O3S/c1-3-5-16-23(17-10-7-6-8-11-17)27(24,25)20-14-13-19(26-4-2)21-18(20)12-9-15-22-21/h6-15H,3-5,16H2,1-2H3. The number of aromatic nitrogens is 1. The van der Waals surface area contributed by atoms with Crippen LogP contribution < -0.4 is 9.04 Å². The van der Waals surface area contributed by atoms with E-state index in [9.17, 15) is 8.42 Å². The van der Waals surface area contributed by atoms with Crippen molar-refractivity contribution in [2.75, 3.05) is 17.5 Å². The summed E-state index contributed by atoms with van der Waals surface area (Å²) in [5.74, 6) is 0.590.